The molecule has 122 valence electrons. The fourth-order valence-corrected chi connectivity index (χ4v) is 3.23. The summed E-state index contributed by atoms with van der Waals surface area (Å²) in [5.41, 5.74) is 3.89. The maximum atomic E-state index is 12.9. The molecule has 0 saturated carbocycles. The quantitative estimate of drug-likeness (QED) is 0.692. The molecule has 3 rings (SSSR count). The number of aromatic amines is 1. The first kappa shape index (κ1) is 16.3. The fraction of sp³-hybridized carbons (Fsp3) is 0.167. The van der Waals surface area contributed by atoms with Gasteiger partial charge in [0, 0.05) is 5.69 Å². The predicted molar refractivity (Wildman–Crippen MR) is 96.0 cm³/mol. The molecule has 0 saturated heterocycles. The van der Waals surface area contributed by atoms with Gasteiger partial charge in [-0.25, -0.2) is 4.98 Å². The lowest BCUT2D eigenvalue weighted by Crippen LogP contribution is -2.19. The molecular formula is C18H18N4OS. The van der Waals surface area contributed by atoms with Gasteiger partial charge in [-0.05, 0) is 36.6 Å². The van der Waals surface area contributed by atoms with Crippen LogP contribution in [0.5, 0.6) is 0 Å². The zero-order valence-electron chi connectivity index (χ0n) is 13.5. The van der Waals surface area contributed by atoms with Gasteiger partial charge in [0.15, 0.2) is 5.16 Å². The number of nitrogens with zero attached hydrogens (tertiary/aromatic N) is 2. The van der Waals surface area contributed by atoms with E-state index in [0.717, 1.165) is 22.4 Å². The Morgan fingerprint density at radius 1 is 1.17 bits per heavy atom. The summed E-state index contributed by atoms with van der Waals surface area (Å²) < 4.78 is 0. The van der Waals surface area contributed by atoms with E-state index in [-0.39, 0.29) is 5.91 Å². The molecule has 0 aliphatic carbocycles. The molecule has 0 aliphatic rings. The third-order valence-electron chi connectivity index (χ3n) is 3.61. The number of anilines is 1. The number of carbonyl (C=O) groups is 1. The van der Waals surface area contributed by atoms with E-state index in [9.17, 15) is 4.79 Å². The van der Waals surface area contributed by atoms with Crippen LogP contribution in [0.3, 0.4) is 0 Å². The molecule has 0 radical (unpaired) electrons. The number of aromatic nitrogens is 3. The molecule has 5 nitrogen and oxygen atoms in total. The van der Waals surface area contributed by atoms with E-state index in [1.807, 2.05) is 62.4 Å². The Balaban J connectivity index is 1.87. The van der Waals surface area contributed by atoms with Crippen molar-refractivity contribution in [1.29, 1.82) is 0 Å². The fourth-order valence-electron chi connectivity index (χ4n) is 2.33. The smallest absolute Gasteiger partial charge is 0.242 e. The van der Waals surface area contributed by atoms with Gasteiger partial charge in [0.05, 0.1) is 0 Å². The van der Waals surface area contributed by atoms with Crippen molar-refractivity contribution >= 4 is 23.4 Å². The number of H-pyrrole nitrogens is 1. The number of rotatable bonds is 5. The summed E-state index contributed by atoms with van der Waals surface area (Å²) in [6.45, 7) is 3.99. The van der Waals surface area contributed by atoms with Crippen LogP contribution in [0.4, 0.5) is 5.69 Å². The van der Waals surface area contributed by atoms with Crippen LogP contribution in [0, 0.1) is 13.8 Å². The minimum atomic E-state index is -0.418. The Labute approximate surface area is 144 Å². The first-order valence-corrected chi connectivity index (χ1v) is 8.46. The van der Waals surface area contributed by atoms with E-state index >= 15 is 0 Å². The molecule has 6 heteroatoms. The van der Waals surface area contributed by atoms with Crippen LogP contribution >= 0.6 is 11.8 Å². The number of aryl methyl sites for hydroxylation is 2. The van der Waals surface area contributed by atoms with Crippen LogP contribution in [0.2, 0.25) is 0 Å². The molecule has 0 bridgehead atoms. The molecule has 24 heavy (non-hydrogen) atoms. The Morgan fingerprint density at radius 2 is 1.96 bits per heavy atom. The zero-order valence-corrected chi connectivity index (χ0v) is 14.3. The maximum absolute atomic E-state index is 12.9. The summed E-state index contributed by atoms with van der Waals surface area (Å²) >= 11 is 1.34. The second-order valence-electron chi connectivity index (χ2n) is 5.51. The van der Waals surface area contributed by atoms with Gasteiger partial charge in [-0.2, -0.15) is 5.10 Å². The van der Waals surface area contributed by atoms with Gasteiger partial charge >= 0.3 is 0 Å². The summed E-state index contributed by atoms with van der Waals surface area (Å²) in [4.78, 5) is 17.0. The standard InChI is InChI=1S/C18H18N4OS/c1-12-8-9-13(2)15(10-12)21-17(23)16(14-6-4-3-5-7-14)24-18-19-11-20-22-18/h3-11,16H,1-2H3,(H,21,23)(H,19,20,22)/t16-/m1/s1. The van der Waals surface area contributed by atoms with Crippen molar-refractivity contribution in [3.8, 4) is 0 Å². The van der Waals surface area contributed by atoms with E-state index in [1.165, 1.54) is 18.1 Å². The number of carbonyl (C=O) groups excluding carboxylic acids is 1. The SMILES string of the molecule is Cc1ccc(C)c(NC(=O)[C@H](Sc2ncn[nH]2)c2ccccc2)c1. The second kappa shape index (κ2) is 7.31. The molecule has 1 aromatic heterocycles. The van der Waals surface area contributed by atoms with Crippen LogP contribution < -0.4 is 5.32 Å². The van der Waals surface area contributed by atoms with Crippen molar-refractivity contribution in [3.63, 3.8) is 0 Å². The van der Waals surface area contributed by atoms with Crippen molar-refractivity contribution in [2.24, 2.45) is 0 Å². The third-order valence-corrected chi connectivity index (χ3v) is 4.76. The average Bonchev–Trinajstić information content (AvgIpc) is 3.10. The van der Waals surface area contributed by atoms with Crippen LogP contribution in [-0.2, 0) is 4.79 Å². The minimum Gasteiger partial charge on any atom is -0.325 e. The van der Waals surface area contributed by atoms with Crippen molar-refractivity contribution in [1.82, 2.24) is 15.2 Å². The monoisotopic (exact) mass is 338 g/mol. The highest BCUT2D eigenvalue weighted by atomic mass is 32.2. The normalized spacial score (nSPS) is 11.9. The Hall–Kier alpha value is -2.60. The molecule has 1 heterocycles. The van der Waals surface area contributed by atoms with Crippen LogP contribution in [0.15, 0.2) is 60.0 Å². The number of nitrogens with one attached hydrogen (secondary N) is 2. The lowest BCUT2D eigenvalue weighted by atomic mass is 10.1. The highest BCUT2D eigenvalue weighted by Gasteiger charge is 2.23. The number of amides is 1. The molecule has 0 aliphatic heterocycles. The number of hydrogen-bond acceptors (Lipinski definition) is 4. The molecule has 1 atom stereocenters. The highest BCUT2D eigenvalue weighted by molar-refractivity contribution is 8.00. The van der Waals surface area contributed by atoms with Gasteiger partial charge in [0.2, 0.25) is 5.91 Å². The molecule has 0 spiro atoms. The molecule has 3 aromatic rings. The van der Waals surface area contributed by atoms with Crippen LogP contribution in [-0.4, -0.2) is 21.1 Å². The summed E-state index contributed by atoms with van der Waals surface area (Å²) in [5, 5.41) is 9.88. The lowest BCUT2D eigenvalue weighted by Gasteiger charge is -2.17. The Kier molecular flexibility index (Phi) is 4.96. The van der Waals surface area contributed by atoms with Crippen molar-refractivity contribution in [3.05, 3.63) is 71.5 Å². The van der Waals surface area contributed by atoms with E-state index in [0.29, 0.717) is 5.16 Å². The maximum Gasteiger partial charge on any atom is 0.242 e. The largest absolute Gasteiger partial charge is 0.325 e. The number of hydrogen-bond donors (Lipinski definition) is 2. The van der Waals surface area contributed by atoms with E-state index in [4.69, 9.17) is 0 Å². The molecule has 0 unspecified atom stereocenters. The summed E-state index contributed by atoms with van der Waals surface area (Å²) in [6, 6.07) is 15.7. The first-order chi connectivity index (χ1) is 11.6. The van der Waals surface area contributed by atoms with Gasteiger partial charge in [0.1, 0.15) is 11.6 Å². The van der Waals surface area contributed by atoms with Crippen molar-refractivity contribution < 1.29 is 4.79 Å². The average molecular weight is 338 g/mol. The van der Waals surface area contributed by atoms with E-state index < -0.39 is 5.25 Å². The molecular weight excluding hydrogens is 320 g/mol. The van der Waals surface area contributed by atoms with Crippen molar-refractivity contribution in [2.45, 2.75) is 24.3 Å². The topological polar surface area (TPSA) is 70.7 Å². The summed E-state index contributed by atoms with van der Waals surface area (Å²) in [7, 11) is 0. The number of benzene rings is 2. The first-order valence-electron chi connectivity index (χ1n) is 7.58. The molecule has 2 N–H and O–H groups in total. The van der Waals surface area contributed by atoms with Gasteiger partial charge in [-0.15, -0.1) is 0 Å². The third kappa shape index (κ3) is 3.83. The van der Waals surface area contributed by atoms with E-state index in [1.54, 1.807) is 0 Å². The summed E-state index contributed by atoms with van der Waals surface area (Å²) in [6.07, 6.45) is 1.44. The van der Waals surface area contributed by atoms with Gasteiger partial charge < -0.3 is 5.32 Å². The zero-order chi connectivity index (χ0) is 16.9. The van der Waals surface area contributed by atoms with Gasteiger partial charge in [-0.1, -0.05) is 54.2 Å². The lowest BCUT2D eigenvalue weighted by molar-refractivity contribution is -0.115. The molecule has 2 aromatic carbocycles. The van der Waals surface area contributed by atoms with E-state index in [2.05, 4.69) is 20.5 Å². The highest BCUT2D eigenvalue weighted by Crippen LogP contribution is 2.34. The molecule has 0 fully saturated rings. The van der Waals surface area contributed by atoms with Gasteiger partial charge in [-0.3, -0.25) is 9.89 Å². The predicted octanol–water partition coefficient (Wildman–Crippen LogP) is 3.89. The summed E-state index contributed by atoms with van der Waals surface area (Å²) in [5.74, 6) is -0.0868. The van der Waals surface area contributed by atoms with Crippen molar-refractivity contribution in [2.75, 3.05) is 5.32 Å². The minimum absolute atomic E-state index is 0.0868. The number of thioether (sulfide) groups is 1. The Morgan fingerprint density at radius 3 is 2.67 bits per heavy atom. The van der Waals surface area contributed by atoms with Crippen LogP contribution in [0.1, 0.15) is 21.9 Å². The molecule has 1 amide bonds. The van der Waals surface area contributed by atoms with Crippen LogP contribution in [0.25, 0.3) is 0 Å². The Bertz CT molecular complexity index is 818. The second-order valence-corrected chi connectivity index (χ2v) is 6.60. The van der Waals surface area contributed by atoms with Gasteiger partial charge in [0.25, 0.3) is 0 Å².